The first-order valence-corrected chi connectivity index (χ1v) is 10.5. The van der Waals surface area contributed by atoms with Crippen LogP contribution >= 0.6 is 0 Å². The van der Waals surface area contributed by atoms with Gasteiger partial charge in [-0.3, -0.25) is 10.1 Å². The molecule has 10 heteroatoms. The number of carbonyl (C=O) groups is 3. The van der Waals surface area contributed by atoms with Crippen molar-refractivity contribution in [3.8, 4) is 0 Å². The van der Waals surface area contributed by atoms with E-state index in [0.29, 0.717) is 70.4 Å². The smallest absolute Gasteiger partial charge is 0.323 e. The minimum Gasteiger partial charge on any atom is -0.359 e. The Labute approximate surface area is 177 Å². The second kappa shape index (κ2) is 8.93. The molecule has 0 unspecified atom stereocenters. The van der Waals surface area contributed by atoms with Crippen molar-refractivity contribution in [3.05, 3.63) is 11.8 Å². The summed E-state index contributed by atoms with van der Waals surface area (Å²) in [4.78, 5) is 44.0. The maximum atomic E-state index is 12.9. The Morgan fingerprint density at radius 1 is 0.900 bits per heavy atom. The van der Waals surface area contributed by atoms with Crippen molar-refractivity contribution in [3.63, 3.8) is 0 Å². The lowest BCUT2D eigenvalue weighted by Crippen LogP contribution is -2.54. The Balaban J connectivity index is 1.51. The van der Waals surface area contributed by atoms with Crippen LogP contribution in [0.4, 0.5) is 15.4 Å². The topological polar surface area (TPSA) is 102 Å². The molecule has 3 heterocycles. The van der Waals surface area contributed by atoms with Gasteiger partial charge in [0.1, 0.15) is 5.76 Å². The molecule has 166 valence electrons. The predicted molar refractivity (Wildman–Crippen MR) is 111 cm³/mol. The SMILES string of the molecule is CC(=O)N1CCN(C(=O)N2CCCN(C(=O)Nc3cc(C(C)(C)C)on3)CC2)CC1. The molecule has 2 aliphatic rings. The van der Waals surface area contributed by atoms with Crippen molar-refractivity contribution < 1.29 is 18.9 Å². The summed E-state index contributed by atoms with van der Waals surface area (Å²) in [6.45, 7) is 11.9. The van der Waals surface area contributed by atoms with Gasteiger partial charge in [-0.05, 0) is 6.42 Å². The Morgan fingerprint density at radius 3 is 2.00 bits per heavy atom. The van der Waals surface area contributed by atoms with Gasteiger partial charge in [0.25, 0.3) is 0 Å². The highest BCUT2D eigenvalue weighted by Gasteiger charge is 2.29. The molecular weight excluding hydrogens is 388 g/mol. The van der Waals surface area contributed by atoms with Crippen LogP contribution in [0.15, 0.2) is 10.6 Å². The molecule has 2 saturated heterocycles. The lowest BCUT2D eigenvalue weighted by atomic mass is 9.93. The van der Waals surface area contributed by atoms with Crippen molar-refractivity contribution in [1.82, 2.24) is 24.8 Å². The fourth-order valence-electron chi connectivity index (χ4n) is 3.60. The summed E-state index contributed by atoms with van der Waals surface area (Å²) in [5.74, 6) is 1.14. The van der Waals surface area contributed by atoms with E-state index in [1.807, 2.05) is 20.8 Å². The van der Waals surface area contributed by atoms with Gasteiger partial charge in [-0.2, -0.15) is 0 Å². The van der Waals surface area contributed by atoms with Crippen molar-refractivity contribution >= 4 is 23.8 Å². The summed E-state index contributed by atoms with van der Waals surface area (Å²) in [5, 5.41) is 6.72. The summed E-state index contributed by atoms with van der Waals surface area (Å²) in [5.41, 5.74) is -0.185. The molecule has 1 aromatic heterocycles. The van der Waals surface area contributed by atoms with Crippen LogP contribution < -0.4 is 5.32 Å². The minimum absolute atomic E-state index is 0.0215. The van der Waals surface area contributed by atoms with E-state index < -0.39 is 0 Å². The molecule has 0 bridgehead atoms. The van der Waals surface area contributed by atoms with Crippen LogP contribution in [0.3, 0.4) is 0 Å². The Bertz CT molecular complexity index is 779. The number of amides is 5. The molecule has 0 atom stereocenters. The van der Waals surface area contributed by atoms with E-state index in [2.05, 4.69) is 10.5 Å². The Morgan fingerprint density at radius 2 is 1.43 bits per heavy atom. The first-order chi connectivity index (χ1) is 14.1. The molecule has 10 nitrogen and oxygen atoms in total. The standard InChI is InChI=1S/C20H32N6O4/c1-15(27)23-8-11-26(12-9-23)19(29)25-7-5-6-24(10-13-25)18(28)21-17-14-16(30-22-17)20(2,3)4/h14H,5-13H2,1-4H3,(H,21,22,28). The normalized spacial score (nSPS) is 18.3. The fourth-order valence-corrected chi connectivity index (χ4v) is 3.60. The van der Waals surface area contributed by atoms with Gasteiger partial charge in [0.05, 0.1) is 0 Å². The number of nitrogens with zero attached hydrogens (tertiary/aromatic N) is 5. The number of piperazine rings is 1. The monoisotopic (exact) mass is 420 g/mol. The number of hydrogen-bond acceptors (Lipinski definition) is 5. The molecule has 0 aromatic carbocycles. The number of aromatic nitrogens is 1. The molecule has 0 radical (unpaired) electrons. The quantitative estimate of drug-likeness (QED) is 0.746. The molecule has 5 amide bonds. The number of rotatable bonds is 1. The molecule has 2 fully saturated rings. The zero-order valence-corrected chi connectivity index (χ0v) is 18.3. The molecule has 1 aromatic rings. The molecule has 3 rings (SSSR count). The van der Waals surface area contributed by atoms with Gasteiger partial charge >= 0.3 is 12.1 Å². The van der Waals surface area contributed by atoms with E-state index in [-0.39, 0.29) is 23.4 Å². The highest BCUT2D eigenvalue weighted by atomic mass is 16.5. The second-order valence-electron chi connectivity index (χ2n) is 8.86. The van der Waals surface area contributed by atoms with Crippen LogP contribution in [-0.4, -0.2) is 95.1 Å². The first kappa shape index (κ1) is 21.9. The van der Waals surface area contributed by atoms with Gasteiger partial charge in [-0.25, -0.2) is 9.59 Å². The molecule has 0 aliphatic carbocycles. The number of nitrogens with one attached hydrogen (secondary N) is 1. The van der Waals surface area contributed by atoms with Crippen molar-refractivity contribution in [1.29, 1.82) is 0 Å². The summed E-state index contributed by atoms with van der Waals surface area (Å²) in [6, 6.07) is 1.48. The largest absolute Gasteiger partial charge is 0.359 e. The maximum Gasteiger partial charge on any atom is 0.323 e. The maximum absolute atomic E-state index is 12.9. The van der Waals surface area contributed by atoms with Gasteiger partial charge in [-0.1, -0.05) is 25.9 Å². The van der Waals surface area contributed by atoms with Crippen molar-refractivity contribution in [2.24, 2.45) is 0 Å². The third kappa shape index (κ3) is 5.22. The van der Waals surface area contributed by atoms with Crippen LogP contribution in [0, 0.1) is 0 Å². The molecule has 2 aliphatic heterocycles. The summed E-state index contributed by atoms with van der Waals surface area (Å²) in [7, 11) is 0. The second-order valence-corrected chi connectivity index (χ2v) is 8.86. The molecule has 30 heavy (non-hydrogen) atoms. The number of anilines is 1. The van der Waals surface area contributed by atoms with E-state index in [1.165, 1.54) is 0 Å². The van der Waals surface area contributed by atoms with Crippen LogP contribution in [-0.2, 0) is 10.2 Å². The Hall–Kier alpha value is -2.78. The fraction of sp³-hybridized carbons (Fsp3) is 0.700. The minimum atomic E-state index is -0.242. The lowest BCUT2D eigenvalue weighted by Gasteiger charge is -2.37. The number of urea groups is 2. The lowest BCUT2D eigenvalue weighted by molar-refractivity contribution is -0.130. The van der Waals surface area contributed by atoms with E-state index in [1.54, 1.807) is 32.6 Å². The molecule has 0 spiro atoms. The molecule has 1 N–H and O–H groups in total. The highest BCUT2D eigenvalue weighted by Crippen LogP contribution is 2.24. The van der Waals surface area contributed by atoms with Gasteiger partial charge in [0.2, 0.25) is 5.91 Å². The molecular formula is C20H32N6O4. The van der Waals surface area contributed by atoms with E-state index in [9.17, 15) is 14.4 Å². The van der Waals surface area contributed by atoms with Gasteiger partial charge in [0.15, 0.2) is 5.82 Å². The first-order valence-electron chi connectivity index (χ1n) is 10.5. The molecule has 0 saturated carbocycles. The van der Waals surface area contributed by atoms with Gasteiger partial charge < -0.3 is 24.1 Å². The van der Waals surface area contributed by atoms with Crippen LogP contribution in [0.2, 0.25) is 0 Å². The van der Waals surface area contributed by atoms with E-state index >= 15 is 0 Å². The van der Waals surface area contributed by atoms with Crippen molar-refractivity contribution in [2.45, 2.75) is 39.5 Å². The third-order valence-electron chi connectivity index (χ3n) is 5.53. The third-order valence-corrected chi connectivity index (χ3v) is 5.53. The van der Waals surface area contributed by atoms with E-state index in [4.69, 9.17) is 4.52 Å². The average molecular weight is 421 g/mol. The number of hydrogen-bond donors (Lipinski definition) is 1. The number of carbonyl (C=O) groups excluding carboxylic acids is 3. The zero-order chi connectivity index (χ0) is 21.9. The van der Waals surface area contributed by atoms with Crippen LogP contribution in [0.1, 0.15) is 39.9 Å². The van der Waals surface area contributed by atoms with Crippen LogP contribution in [0.25, 0.3) is 0 Å². The van der Waals surface area contributed by atoms with Gasteiger partial charge in [0, 0.05) is 70.8 Å². The average Bonchev–Trinajstić information content (AvgIpc) is 3.03. The summed E-state index contributed by atoms with van der Waals surface area (Å²) in [6.07, 6.45) is 0.707. The summed E-state index contributed by atoms with van der Waals surface area (Å²) >= 11 is 0. The van der Waals surface area contributed by atoms with E-state index in [0.717, 1.165) is 0 Å². The van der Waals surface area contributed by atoms with Crippen molar-refractivity contribution in [2.75, 3.05) is 57.7 Å². The summed E-state index contributed by atoms with van der Waals surface area (Å²) < 4.78 is 5.31. The highest BCUT2D eigenvalue weighted by molar-refractivity contribution is 5.88. The predicted octanol–water partition coefficient (Wildman–Crippen LogP) is 1.80. The Kier molecular flexibility index (Phi) is 6.52. The zero-order valence-electron chi connectivity index (χ0n) is 18.3. The van der Waals surface area contributed by atoms with Gasteiger partial charge in [-0.15, -0.1) is 0 Å². The van der Waals surface area contributed by atoms with Crippen LogP contribution in [0.5, 0.6) is 0 Å².